The third-order valence-electron chi connectivity index (χ3n) is 4.28. The lowest BCUT2D eigenvalue weighted by molar-refractivity contribution is 0.103. The van der Waals surface area contributed by atoms with E-state index in [0.29, 0.717) is 17.8 Å². The lowest BCUT2D eigenvalue weighted by atomic mass is 10.0. The Morgan fingerprint density at radius 2 is 1.48 bits per heavy atom. The minimum Gasteiger partial charge on any atom is -0.287 e. The van der Waals surface area contributed by atoms with Crippen molar-refractivity contribution in [3.63, 3.8) is 0 Å². The molecule has 0 N–H and O–H groups in total. The summed E-state index contributed by atoms with van der Waals surface area (Å²) in [6, 6.07) is 27.0. The summed E-state index contributed by atoms with van der Waals surface area (Å²) in [5.41, 5.74) is 3.68. The Kier molecular flexibility index (Phi) is 4.94. The van der Waals surface area contributed by atoms with Crippen molar-refractivity contribution in [3.05, 3.63) is 106 Å². The highest BCUT2D eigenvalue weighted by atomic mass is 79.9. The lowest BCUT2D eigenvalue weighted by Gasteiger charge is -2.09. The molecule has 1 heterocycles. The fourth-order valence-electron chi connectivity index (χ4n) is 2.95. The van der Waals surface area contributed by atoms with Gasteiger partial charge in [-0.2, -0.15) is 0 Å². The molecule has 0 saturated carbocycles. The van der Waals surface area contributed by atoms with Crippen LogP contribution in [-0.4, -0.2) is 20.8 Å². The first-order valence-corrected chi connectivity index (χ1v) is 9.35. The zero-order valence-electron chi connectivity index (χ0n) is 14.4. The summed E-state index contributed by atoms with van der Waals surface area (Å²) in [4.78, 5) is 13.0. The molecule has 1 aromatic heterocycles. The average molecular weight is 418 g/mol. The monoisotopic (exact) mass is 417 g/mol. The highest BCUT2D eigenvalue weighted by Gasteiger charge is 2.22. The van der Waals surface area contributed by atoms with Gasteiger partial charge in [-0.25, -0.2) is 4.68 Å². The van der Waals surface area contributed by atoms with Crippen molar-refractivity contribution in [2.75, 3.05) is 0 Å². The number of hydrogen-bond donors (Lipinski definition) is 0. The van der Waals surface area contributed by atoms with Gasteiger partial charge < -0.3 is 0 Å². The Morgan fingerprint density at radius 1 is 0.852 bits per heavy atom. The maximum Gasteiger partial charge on any atom is 0.215 e. The van der Waals surface area contributed by atoms with Gasteiger partial charge in [-0.1, -0.05) is 93.9 Å². The molecule has 0 amide bonds. The van der Waals surface area contributed by atoms with Crippen LogP contribution in [0.15, 0.2) is 89.4 Å². The van der Waals surface area contributed by atoms with Crippen LogP contribution in [-0.2, 0) is 6.54 Å². The van der Waals surface area contributed by atoms with E-state index in [1.807, 2.05) is 72.8 Å². The number of ketones is 1. The van der Waals surface area contributed by atoms with Gasteiger partial charge in [0.1, 0.15) is 5.69 Å². The number of carbonyl (C=O) groups is 1. The second kappa shape index (κ2) is 7.68. The molecule has 0 saturated heterocycles. The van der Waals surface area contributed by atoms with Crippen LogP contribution in [0.3, 0.4) is 0 Å². The van der Waals surface area contributed by atoms with Crippen LogP contribution in [0.5, 0.6) is 0 Å². The van der Waals surface area contributed by atoms with Crippen LogP contribution < -0.4 is 0 Å². The van der Waals surface area contributed by atoms with E-state index >= 15 is 0 Å². The molecule has 0 unspecified atom stereocenters. The van der Waals surface area contributed by atoms with E-state index in [0.717, 1.165) is 21.3 Å². The molecule has 4 aromatic rings. The number of carbonyl (C=O) groups excluding carboxylic acids is 1. The van der Waals surface area contributed by atoms with Crippen molar-refractivity contribution >= 4 is 21.7 Å². The summed E-state index contributed by atoms with van der Waals surface area (Å²) >= 11 is 3.46. The third-order valence-corrected chi connectivity index (χ3v) is 4.81. The molecule has 0 fully saturated rings. The predicted octanol–water partition coefficient (Wildman–Crippen LogP) is 4.99. The van der Waals surface area contributed by atoms with Crippen molar-refractivity contribution in [2.24, 2.45) is 0 Å². The summed E-state index contributed by atoms with van der Waals surface area (Å²) in [5, 5.41) is 8.53. The fourth-order valence-corrected chi connectivity index (χ4v) is 3.22. The Morgan fingerprint density at radius 3 is 2.15 bits per heavy atom. The first-order valence-electron chi connectivity index (χ1n) is 8.55. The van der Waals surface area contributed by atoms with Gasteiger partial charge in [0.15, 0.2) is 5.69 Å². The first-order chi connectivity index (χ1) is 13.2. The van der Waals surface area contributed by atoms with Crippen LogP contribution >= 0.6 is 15.9 Å². The summed E-state index contributed by atoms with van der Waals surface area (Å²) < 4.78 is 2.76. The van der Waals surface area contributed by atoms with Crippen molar-refractivity contribution < 1.29 is 4.79 Å². The predicted molar refractivity (Wildman–Crippen MR) is 109 cm³/mol. The minimum atomic E-state index is -0.132. The smallest absolute Gasteiger partial charge is 0.215 e. The van der Waals surface area contributed by atoms with Crippen molar-refractivity contribution in [2.45, 2.75) is 6.54 Å². The average Bonchev–Trinajstić information content (AvgIpc) is 3.13. The molecule has 0 aliphatic heterocycles. The van der Waals surface area contributed by atoms with E-state index < -0.39 is 0 Å². The van der Waals surface area contributed by atoms with Crippen molar-refractivity contribution in [1.82, 2.24) is 15.0 Å². The molecule has 27 heavy (non-hydrogen) atoms. The van der Waals surface area contributed by atoms with Crippen molar-refractivity contribution in [3.8, 4) is 11.3 Å². The molecule has 3 aromatic carbocycles. The van der Waals surface area contributed by atoms with Crippen LogP contribution in [0.2, 0.25) is 0 Å². The molecule has 5 heteroatoms. The SMILES string of the molecule is O=C(c1ccccc1)c1nnn(Cc2ccccc2)c1-c1ccc(Br)cc1. The normalized spacial score (nSPS) is 10.7. The molecule has 0 radical (unpaired) electrons. The van der Waals surface area contributed by atoms with Gasteiger partial charge in [-0.3, -0.25) is 4.79 Å². The molecule has 4 nitrogen and oxygen atoms in total. The number of rotatable bonds is 5. The zero-order chi connectivity index (χ0) is 18.6. The standard InChI is InChI=1S/C22H16BrN3O/c23-19-13-11-17(12-14-19)21-20(22(27)18-9-5-2-6-10-18)24-25-26(21)15-16-7-3-1-4-8-16/h1-14H,15H2. The number of aromatic nitrogens is 3. The topological polar surface area (TPSA) is 47.8 Å². The molecular formula is C22H16BrN3O. The van der Waals surface area contributed by atoms with E-state index in [9.17, 15) is 4.79 Å². The van der Waals surface area contributed by atoms with E-state index in [1.54, 1.807) is 16.8 Å². The summed E-state index contributed by atoms with van der Waals surface area (Å²) in [5.74, 6) is -0.132. The van der Waals surface area contributed by atoms with Gasteiger partial charge >= 0.3 is 0 Å². The van der Waals surface area contributed by atoms with Crippen LogP contribution in [0, 0.1) is 0 Å². The second-order valence-electron chi connectivity index (χ2n) is 6.13. The van der Waals surface area contributed by atoms with Gasteiger partial charge in [0.25, 0.3) is 0 Å². The number of benzene rings is 3. The minimum absolute atomic E-state index is 0.132. The molecule has 0 aliphatic rings. The van der Waals surface area contributed by atoms with Gasteiger partial charge in [-0.05, 0) is 17.7 Å². The van der Waals surface area contributed by atoms with E-state index in [-0.39, 0.29) is 5.78 Å². The van der Waals surface area contributed by atoms with E-state index in [2.05, 4.69) is 26.2 Å². The second-order valence-corrected chi connectivity index (χ2v) is 7.05. The fraction of sp³-hybridized carbons (Fsp3) is 0.0455. The zero-order valence-corrected chi connectivity index (χ0v) is 16.0. The van der Waals surface area contributed by atoms with Crippen LogP contribution in [0.4, 0.5) is 0 Å². The molecule has 132 valence electrons. The van der Waals surface area contributed by atoms with Gasteiger partial charge in [0, 0.05) is 15.6 Å². The maximum atomic E-state index is 13.0. The summed E-state index contributed by atoms with van der Waals surface area (Å²) in [6.07, 6.45) is 0. The largest absolute Gasteiger partial charge is 0.287 e. The first kappa shape index (κ1) is 17.4. The Labute approximate surface area is 165 Å². The Balaban J connectivity index is 1.82. The van der Waals surface area contributed by atoms with Gasteiger partial charge in [0.2, 0.25) is 5.78 Å². The number of hydrogen-bond acceptors (Lipinski definition) is 3. The number of nitrogens with zero attached hydrogens (tertiary/aromatic N) is 3. The van der Waals surface area contributed by atoms with E-state index in [1.165, 1.54) is 0 Å². The molecular weight excluding hydrogens is 402 g/mol. The van der Waals surface area contributed by atoms with Crippen LogP contribution in [0.25, 0.3) is 11.3 Å². The highest BCUT2D eigenvalue weighted by molar-refractivity contribution is 9.10. The van der Waals surface area contributed by atoms with Gasteiger partial charge in [-0.15, -0.1) is 5.10 Å². The van der Waals surface area contributed by atoms with Crippen LogP contribution in [0.1, 0.15) is 21.6 Å². The molecule has 0 aliphatic carbocycles. The molecule has 0 atom stereocenters. The lowest BCUT2D eigenvalue weighted by Crippen LogP contribution is -2.07. The number of halogens is 1. The molecule has 0 bridgehead atoms. The Bertz CT molecular complexity index is 1060. The summed E-state index contributed by atoms with van der Waals surface area (Å²) in [7, 11) is 0. The maximum absolute atomic E-state index is 13.0. The molecule has 4 rings (SSSR count). The van der Waals surface area contributed by atoms with Gasteiger partial charge in [0.05, 0.1) is 6.54 Å². The third kappa shape index (κ3) is 3.73. The molecule has 0 spiro atoms. The quantitative estimate of drug-likeness (QED) is 0.429. The summed E-state index contributed by atoms with van der Waals surface area (Å²) in [6.45, 7) is 0.543. The van der Waals surface area contributed by atoms with Crippen molar-refractivity contribution in [1.29, 1.82) is 0 Å². The Hall–Kier alpha value is -3.05. The highest BCUT2D eigenvalue weighted by Crippen LogP contribution is 2.26. The van der Waals surface area contributed by atoms with E-state index in [4.69, 9.17) is 0 Å².